The smallest absolute Gasteiger partial charge is 0.323 e. The highest BCUT2D eigenvalue weighted by molar-refractivity contribution is 5.75. The van der Waals surface area contributed by atoms with Crippen molar-refractivity contribution >= 4 is 5.97 Å². The molecule has 0 aromatic heterocycles. The number of rotatable bonds is 4. The molecule has 0 saturated carbocycles. The average molecular weight is 261 g/mol. The van der Waals surface area contributed by atoms with Gasteiger partial charge in [-0.15, -0.1) is 0 Å². The van der Waals surface area contributed by atoms with E-state index in [4.69, 9.17) is 4.74 Å². The minimum absolute atomic E-state index is 0.0603. The van der Waals surface area contributed by atoms with Gasteiger partial charge in [-0.2, -0.15) is 0 Å². The van der Waals surface area contributed by atoms with Crippen molar-refractivity contribution in [1.29, 1.82) is 0 Å². The Morgan fingerprint density at radius 3 is 3.00 bits per heavy atom. The Kier molecular flexibility index (Phi) is 4.97. The normalized spacial score (nSPS) is 20.2. The summed E-state index contributed by atoms with van der Waals surface area (Å²) >= 11 is 0. The Bertz CT molecular complexity index is 431. The summed E-state index contributed by atoms with van der Waals surface area (Å²) in [6.07, 6.45) is 3.21. The van der Waals surface area contributed by atoms with Gasteiger partial charge in [-0.25, -0.2) is 0 Å². The van der Waals surface area contributed by atoms with Gasteiger partial charge >= 0.3 is 5.97 Å². The molecule has 19 heavy (non-hydrogen) atoms. The fourth-order valence-corrected chi connectivity index (χ4v) is 2.73. The summed E-state index contributed by atoms with van der Waals surface area (Å²) in [6.45, 7) is 6.25. The van der Waals surface area contributed by atoms with Crippen molar-refractivity contribution in [2.75, 3.05) is 13.2 Å². The van der Waals surface area contributed by atoms with Gasteiger partial charge in [0.05, 0.1) is 6.61 Å². The molecular weight excluding hydrogens is 238 g/mol. The van der Waals surface area contributed by atoms with Crippen LogP contribution in [0.5, 0.6) is 0 Å². The van der Waals surface area contributed by atoms with Crippen molar-refractivity contribution < 1.29 is 9.53 Å². The van der Waals surface area contributed by atoms with Crippen LogP contribution in [0.3, 0.4) is 0 Å². The van der Waals surface area contributed by atoms with Crippen LogP contribution in [0.2, 0.25) is 0 Å². The Morgan fingerprint density at radius 1 is 1.42 bits per heavy atom. The number of hydrogen-bond acceptors (Lipinski definition) is 3. The van der Waals surface area contributed by atoms with Gasteiger partial charge in [0, 0.05) is 6.54 Å². The third-order valence-electron chi connectivity index (χ3n) is 3.64. The molecule has 1 heterocycles. The fraction of sp³-hybridized carbons (Fsp3) is 0.562. The van der Waals surface area contributed by atoms with Gasteiger partial charge in [-0.3, -0.25) is 9.69 Å². The lowest BCUT2D eigenvalue weighted by Gasteiger charge is -2.34. The molecule has 1 aliphatic heterocycles. The minimum Gasteiger partial charge on any atom is -0.465 e. The summed E-state index contributed by atoms with van der Waals surface area (Å²) < 4.78 is 5.19. The Hall–Kier alpha value is -1.35. The quantitative estimate of drug-likeness (QED) is 0.780. The molecule has 1 saturated heterocycles. The number of carbonyl (C=O) groups is 1. The van der Waals surface area contributed by atoms with Crippen molar-refractivity contribution in [3.63, 3.8) is 0 Å². The molecule has 3 heteroatoms. The van der Waals surface area contributed by atoms with Crippen LogP contribution in [0.15, 0.2) is 24.3 Å². The summed E-state index contributed by atoms with van der Waals surface area (Å²) in [7, 11) is 0. The maximum Gasteiger partial charge on any atom is 0.323 e. The molecule has 0 aliphatic carbocycles. The number of piperidine rings is 1. The van der Waals surface area contributed by atoms with E-state index in [2.05, 4.69) is 36.1 Å². The first kappa shape index (κ1) is 14.1. The van der Waals surface area contributed by atoms with Crippen LogP contribution in [0.1, 0.15) is 37.3 Å². The van der Waals surface area contributed by atoms with Gasteiger partial charge in [0.2, 0.25) is 0 Å². The van der Waals surface area contributed by atoms with E-state index in [-0.39, 0.29) is 12.0 Å². The molecule has 1 fully saturated rings. The van der Waals surface area contributed by atoms with Crippen molar-refractivity contribution in [3.8, 4) is 0 Å². The molecule has 2 rings (SSSR count). The lowest BCUT2D eigenvalue weighted by Crippen LogP contribution is -2.44. The van der Waals surface area contributed by atoms with Gasteiger partial charge in [0.25, 0.3) is 0 Å². The van der Waals surface area contributed by atoms with E-state index >= 15 is 0 Å². The highest BCUT2D eigenvalue weighted by atomic mass is 16.5. The summed E-state index contributed by atoms with van der Waals surface area (Å²) in [5.41, 5.74) is 2.54. The number of ether oxygens (including phenoxy) is 1. The van der Waals surface area contributed by atoms with Crippen LogP contribution < -0.4 is 0 Å². The Morgan fingerprint density at radius 2 is 2.26 bits per heavy atom. The van der Waals surface area contributed by atoms with Crippen LogP contribution in [0, 0.1) is 6.92 Å². The van der Waals surface area contributed by atoms with E-state index in [0.29, 0.717) is 6.61 Å². The SMILES string of the molecule is CCOC(=O)[C@@H]1CCCCN1Cc1cccc(C)c1. The van der Waals surface area contributed by atoms with Gasteiger partial charge < -0.3 is 4.74 Å². The standard InChI is InChI=1S/C16H23NO2/c1-3-19-16(18)15-9-4-5-10-17(15)12-14-8-6-7-13(2)11-14/h6-8,11,15H,3-5,9-10,12H2,1-2H3/t15-/m0/s1. The molecule has 3 nitrogen and oxygen atoms in total. The predicted molar refractivity (Wildman–Crippen MR) is 75.9 cm³/mol. The first-order chi connectivity index (χ1) is 9.20. The molecule has 0 spiro atoms. The van der Waals surface area contributed by atoms with E-state index < -0.39 is 0 Å². The van der Waals surface area contributed by atoms with Gasteiger partial charge in [-0.1, -0.05) is 36.2 Å². The second kappa shape index (κ2) is 6.71. The number of aryl methyl sites for hydroxylation is 1. The molecule has 1 aromatic carbocycles. The predicted octanol–water partition coefficient (Wildman–Crippen LogP) is 2.91. The molecule has 104 valence electrons. The maximum atomic E-state index is 12.0. The number of carbonyl (C=O) groups excluding carboxylic acids is 1. The Balaban J connectivity index is 2.05. The Labute approximate surface area is 115 Å². The molecule has 0 N–H and O–H groups in total. The first-order valence-corrected chi connectivity index (χ1v) is 7.17. The molecule has 0 unspecified atom stereocenters. The average Bonchev–Trinajstić information content (AvgIpc) is 2.39. The second-order valence-corrected chi connectivity index (χ2v) is 5.22. The zero-order chi connectivity index (χ0) is 13.7. The highest BCUT2D eigenvalue weighted by Gasteiger charge is 2.29. The van der Waals surface area contributed by atoms with E-state index in [0.717, 1.165) is 25.9 Å². The summed E-state index contributed by atoms with van der Waals surface area (Å²) in [5, 5.41) is 0. The van der Waals surface area contributed by atoms with Gasteiger partial charge in [0.15, 0.2) is 0 Å². The van der Waals surface area contributed by atoms with Gasteiger partial charge in [-0.05, 0) is 38.8 Å². The van der Waals surface area contributed by atoms with Crippen LogP contribution in [-0.2, 0) is 16.1 Å². The summed E-state index contributed by atoms with van der Waals surface area (Å²) in [6, 6.07) is 8.44. The molecule has 0 amide bonds. The molecule has 1 atom stereocenters. The van der Waals surface area contributed by atoms with E-state index in [1.807, 2.05) is 6.92 Å². The molecule has 1 aromatic rings. The van der Waals surface area contributed by atoms with Crippen LogP contribution in [0.25, 0.3) is 0 Å². The summed E-state index contributed by atoms with van der Waals surface area (Å²) in [4.78, 5) is 14.3. The first-order valence-electron chi connectivity index (χ1n) is 7.17. The lowest BCUT2D eigenvalue weighted by atomic mass is 10.0. The molecular formula is C16H23NO2. The van der Waals surface area contributed by atoms with Crippen LogP contribution in [-0.4, -0.2) is 30.1 Å². The van der Waals surface area contributed by atoms with Crippen molar-refractivity contribution in [2.45, 2.75) is 45.7 Å². The van der Waals surface area contributed by atoms with E-state index in [1.165, 1.54) is 17.5 Å². The fourth-order valence-electron chi connectivity index (χ4n) is 2.73. The topological polar surface area (TPSA) is 29.5 Å². The minimum atomic E-state index is -0.0609. The number of esters is 1. The third-order valence-corrected chi connectivity index (χ3v) is 3.64. The number of benzene rings is 1. The number of hydrogen-bond donors (Lipinski definition) is 0. The lowest BCUT2D eigenvalue weighted by molar-refractivity contribution is -0.151. The second-order valence-electron chi connectivity index (χ2n) is 5.22. The third kappa shape index (κ3) is 3.80. The zero-order valence-electron chi connectivity index (χ0n) is 11.9. The van der Waals surface area contributed by atoms with Crippen molar-refractivity contribution in [3.05, 3.63) is 35.4 Å². The van der Waals surface area contributed by atoms with Crippen LogP contribution in [0.4, 0.5) is 0 Å². The molecule has 0 bridgehead atoms. The maximum absolute atomic E-state index is 12.0. The van der Waals surface area contributed by atoms with E-state index in [9.17, 15) is 4.79 Å². The number of likely N-dealkylation sites (tertiary alicyclic amines) is 1. The highest BCUT2D eigenvalue weighted by Crippen LogP contribution is 2.21. The monoisotopic (exact) mass is 261 g/mol. The van der Waals surface area contributed by atoms with Crippen LogP contribution >= 0.6 is 0 Å². The zero-order valence-corrected chi connectivity index (χ0v) is 11.9. The number of nitrogens with zero attached hydrogens (tertiary/aromatic N) is 1. The van der Waals surface area contributed by atoms with Crippen molar-refractivity contribution in [1.82, 2.24) is 4.90 Å². The van der Waals surface area contributed by atoms with E-state index in [1.54, 1.807) is 0 Å². The van der Waals surface area contributed by atoms with Gasteiger partial charge in [0.1, 0.15) is 6.04 Å². The summed E-state index contributed by atoms with van der Waals surface area (Å²) in [5.74, 6) is -0.0603. The van der Waals surface area contributed by atoms with Crippen molar-refractivity contribution in [2.24, 2.45) is 0 Å². The molecule has 0 radical (unpaired) electrons. The molecule has 1 aliphatic rings. The largest absolute Gasteiger partial charge is 0.465 e.